The van der Waals surface area contributed by atoms with Gasteiger partial charge in [-0.25, -0.2) is 4.98 Å². The molecule has 0 bridgehead atoms. The second-order valence-corrected chi connectivity index (χ2v) is 10.4. The molecule has 0 saturated carbocycles. The van der Waals surface area contributed by atoms with E-state index in [1.54, 1.807) is 33.2 Å². The zero-order valence-corrected chi connectivity index (χ0v) is 23.1. The maximum atomic E-state index is 13.9. The van der Waals surface area contributed by atoms with Crippen LogP contribution in [0.15, 0.2) is 36.4 Å². The zero-order valence-electron chi connectivity index (χ0n) is 22.4. The van der Waals surface area contributed by atoms with Gasteiger partial charge in [0.25, 0.3) is 17.4 Å². The number of rotatable bonds is 9. The van der Waals surface area contributed by atoms with Crippen LogP contribution in [-0.4, -0.2) is 73.3 Å². The Morgan fingerprint density at radius 2 is 1.90 bits per heavy atom. The fourth-order valence-electron chi connectivity index (χ4n) is 4.61. The van der Waals surface area contributed by atoms with E-state index in [0.29, 0.717) is 43.2 Å². The largest absolute Gasteiger partial charge is 0.497 e. The summed E-state index contributed by atoms with van der Waals surface area (Å²) in [6, 6.07) is 7.61. The number of aliphatic hydroxyl groups is 1. The molecule has 214 valence electrons. The van der Waals surface area contributed by atoms with Crippen LogP contribution in [0.25, 0.3) is 0 Å². The van der Waals surface area contributed by atoms with Crippen molar-refractivity contribution in [2.75, 3.05) is 39.2 Å². The summed E-state index contributed by atoms with van der Waals surface area (Å²) in [6.45, 7) is 3.04. The SMILES string of the molecule is COc1cccc(C(O)(C(=O)N[C@@H](C)CCC2CCN(c3ccc(C(=O)N(C)C)c(Cl)n3)CC2)C(F)(F)F)c1. The van der Waals surface area contributed by atoms with E-state index < -0.39 is 29.3 Å². The Kier molecular flexibility index (Phi) is 9.71. The molecule has 39 heavy (non-hydrogen) atoms. The van der Waals surface area contributed by atoms with E-state index in [1.165, 1.54) is 24.1 Å². The quantitative estimate of drug-likeness (QED) is 0.434. The summed E-state index contributed by atoms with van der Waals surface area (Å²) in [5.74, 6) is -0.664. The van der Waals surface area contributed by atoms with Gasteiger partial charge in [-0.1, -0.05) is 23.7 Å². The lowest BCUT2D eigenvalue weighted by Gasteiger charge is -2.34. The molecule has 1 fully saturated rings. The average Bonchev–Trinajstić information content (AvgIpc) is 2.90. The molecule has 1 saturated heterocycles. The number of pyridine rings is 1. The van der Waals surface area contributed by atoms with Crippen LogP contribution >= 0.6 is 11.6 Å². The molecule has 2 amide bonds. The van der Waals surface area contributed by atoms with Gasteiger partial charge in [0.15, 0.2) is 0 Å². The van der Waals surface area contributed by atoms with Gasteiger partial charge in [0.2, 0.25) is 0 Å². The predicted octanol–water partition coefficient (Wildman–Crippen LogP) is 4.40. The number of anilines is 1. The fraction of sp³-hybridized carbons (Fsp3) is 0.519. The predicted molar refractivity (Wildman–Crippen MR) is 142 cm³/mol. The lowest BCUT2D eigenvalue weighted by atomic mass is 9.89. The summed E-state index contributed by atoms with van der Waals surface area (Å²) in [5.41, 5.74) is -3.98. The van der Waals surface area contributed by atoms with E-state index in [2.05, 4.69) is 15.2 Å². The number of ether oxygens (including phenoxy) is 1. The van der Waals surface area contributed by atoms with E-state index in [0.717, 1.165) is 25.0 Å². The number of carbonyl (C=O) groups is 2. The highest BCUT2D eigenvalue weighted by Crippen LogP contribution is 2.40. The number of carbonyl (C=O) groups excluding carboxylic acids is 2. The van der Waals surface area contributed by atoms with Crippen molar-refractivity contribution in [3.63, 3.8) is 0 Å². The van der Waals surface area contributed by atoms with E-state index in [-0.39, 0.29) is 16.8 Å². The third-order valence-electron chi connectivity index (χ3n) is 7.02. The van der Waals surface area contributed by atoms with Crippen LogP contribution in [0.3, 0.4) is 0 Å². The smallest absolute Gasteiger partial charge is 0.430 e. The van der Waals surface area contributed by atoms with E-state index in [4.69, 9.17) is 16.3 Å². The van der Waals surface area contributed by atoms with Crippen LogP contribution in [0.2, 0.25) is 5.15 Å². The highest BCUT2D eigenvalue weighted by Gasteiger charge is 2.61. The fourth-order valence-corrected chi connectivity index (χ4v) is 4.84. The number of nitrogens with zero attached hydrogens (tertiary/aromatic N) is 3. The molecule has 2 atom stereocenters. The van der Waals surface area contributed by atoms with Crippen LogP contribution in [0.4, 0.5) is 19.0 Å². The van der Waals surface area contributed by atoms with Gasteiger partial charge < -0.3 is 25.0 Å². The maximum Gasteiger partial charge on any atom is 0.430 e. The van der Waals surface area contributed by atoms with E-state index >= 15 is 0 Å². The van der Waals surface area contributed by atoms with Gasteiger partial charge in [-0.15, -0.1) is 0 Å². The first-order chi connectivity index (χ1) is 18.3. The number of alkyl halides is 3. The molecule has 0 radical (unpaired) electrons. The minimum atomic E-state index is -5.23. The molecule has 1 aromatic carbocycles. The molecule has 8 nitrogen and oxygen atoms in total. The highest BCUT2D eigenvalue weighted by atomic mass is 35.5. The third kappa shape index (κ3) is 6.94. The minimum Gasteiger partial charge on any atom is -0.497 e. The summed E-state index contributed by atoms with van der Waals surface area (Å²) in [6.07, 6.45) is -2.43. The van der Waals surface area contributed by atoms with Gasteiger partial charge >= 0.3 is 6.18 Å². The van der Waals surface area contributed by atoms with Gasteiger partial charge in [-0.2, -0.15) is 13.2 Å². The monoisotopic (exact) mass is 570 g/mol. The Bertz CT molecular complexity index is 1170. The lowest BCUT2D eigenvalue weighted by molar-refractivity contribution is -0.257. The number of piperidine rings is 1. The zero-order chi connectivity index (χ0) is 29.0. The number of nitrogens with one attached hydrogen (secondary N) is 1. The first kappa shape index (κ1) is 30.5. The third-order valence-corrected chi connectivity index (χ3v) is 7.31. The Morgan fingerprint density at radius 3 is 2.46 bits per heavy atom. The number of hydrogen-bond acceptors (Lipinski definition) is 6. The van der Waals surface area contributed by atoms with E-state index in [9.17, 15) is 27.9 Å². The Hall–Kier alpha value is -3.05. The van der Waals surface area contributed by atoms with Crippen LogP contribution in [0, 0.1) is 5.92 Å². The molecule has 2 aromatic rings. The number of benzene rings is 1. The second kappa shape index (κ2) is 12.4. The molecule has 1 aliphatic rings. The molecular weight excluding hydrogens is 537 g/mol. The van der Waals surface area contributed by atoms with Crippen LogP contribution in [0.5, 0.6) is 5.75 Å². The van der Waals surface area contributed by atoms with Crippen molar-refractivity contribution in [2.45, 2.75) is 50.4 Å². The number of hydrogen-bond donors (Lipinski definition) is 2. The molecule has 3 rings (SSSR count). The summed E-state index contributed by atoms with van der Waals surface area (Å²) in [4.78, 5) is 32.8. The maximum absolute atomic E-state index is 13.9. The standard InChI is InChI=1S/C27H34ClF3N4O4/c1-17(32-25(37)26(38,27(29,30)31)19-6-5-7-20(16-19)39-4)8-9-18-12-14-35(15-13-18)22-11-10-21(23(28)33-22)24(36)34(2)3/h5-7,10-11,16-18,38H,8-9,12-15H2,1-4H3,(H,32,37)/t17-,26?/m0/s1. The van der Waals surface area contributed by atoms with Crippen molar-refractivity contribution in [1.82, 2.24) is 15.2 Å². The molecular formula is C27H34ClF3N4O4. The molecule has 0 spiro atoms. The van der Waals surface area contributed by atoms with Crippen LogP contribution in [-0.2, 0) is 10.4 Å². The second-order valence-electron chi connectivity index (χ2n) is 10.0. The normalized spacial score (nSPS) is 16.8. The van der Waals surface area contributed by atoms with Crippen molar-refractivity contribution < 1.29 is 32.6 Å². The minimum absolute atomic E-state index is 0.0952. The Balaban J connectivity index is 1.55. The van der Waals surface area contributed by atoms with Gasteiger partial charge in [0.05, 0.1) is 12.7 Å². The molecule has 0 aliphatic carbocycles. The highest BCUT2D eigenvalue weighted by molar-refractivity contribution is 6.32. The first-order valence-corrected chi connectivity index (χ1v) is 13.0. The molecule has 1 aromatic heterocycles. The number of amides is 2. The average molecular weight is 571 g/mol. The molecule has 1 aliphatic heterocycles. The molecule has 2 N–H and O–H groups in total. The molecule has 2 heterocycles. The Morgan fingerprint density at radius 1 is 1.23 bits per heavy atom. The van der Waals surface area contributed by atoms with Gasteiger partial charge in [0, 0.05) is 38.8 Å². The van der Waals surface area contributed by atoms with E-state index in [1.807, 2.05) is 0 Å². The number of aromatic nitrogens is 1. The number of methoxy groups -OCH3 is 1. The molecule has 1 unspecified atom stereocenters. The first-order valence-electron chi connectivity index (χ1n) is 12.7. The van der Waals surface area contributed by atoms with Crippen molar-refractivity contribution in [1.29, 1.82) is 0 Å². The lowest BCUT2D eigenvalue weighted by Crippen LogP contribution is -2.56. The van der Waals surface area contributed by atoms with Crippen molar-refractivity contribution in [2.24, 2.45) is 5.92 Å². The summed E-state index contributed by atoms with van der Waals surface area (Å²) in [5, 5.41) is 13.1. The summed E-state index contributed by atoms with van der Waals surface area (Å²) in [7, 11) is 4.57. The van der Waals surface area contributed by atoms with Gasteiger partial charge in [0.1, 0.15) is 16.7 Å². The van der Waals surface area contributed by atoms with Crippen molar-refractivity contribution in [3.05, 3.63) is 52.7 Å². The Labute approximate surface area is 231 Å². The van der Waals surface area contributed by atoms with Crippen molar-refractivity contribution >= 4 is 29.2 Å². The molecule has 12 heteroatoms. The summed E-state index contributed by atoms with van der Waals surface area (Å²) >= 11 is 6.24. The van der Waals surface area contributed by atoms with Crippen molar-refractivity contribution in [3.8, 4) is 5.75 Å². The van der Waals surface area contributed by atoms with Gasteiger partial charge in [-0.05, 0) is 62.8 Å². The summed E-state index contributed by atoms with van der Waals surface area (Å²) < 4.78 is 46.7. The van der Waals surface area contributed by atoms with Crippen LogP contribution < -0.4 is 15.0 Å². The van der Waals surface area contributed by atoms with Gasteiger partial charge in [-0.3, -0.25) is 9.59 Å². The van der Waals surface area contributed by atoms with Crippen LogP contribution in [0.1, 0.15) is 48.5 Å². The number of halogens is 4. The topological polar surface area (TPSA) is 95.0 Å².